The number of ketones is 1. The number of nitrogens with one attached hydrogen (secondary N) is 1. The summed E-state index contributed by atoms with van der Waals surface area (Å²) in [5.41, 5.74) is 0.608. The van der Waals surface area contributed by atoms with Gasteiger partial charge in [-0.15, -0.1) is 11.3 Å². The first-order valence-electron chi connectivity index (χ1n) is 7.85. The number of piperazine rings is 1. The molecule has 5 nitrogen and oxygen atoms in total. The van der Waals surface area contributed by atoms with Crippen LogP contribution in [0.4, 0.5) is 0 Å². The molecule has 0 saturated carbocycles. The minimum atomic E-state index is -0.585. The molecule has 24 heavy (non-hydrogen) atoms. The third-order valence-electron chi connectivity index (χ3n) is 4.01. The summed E-state index contributed by atoms with van der Waals surface area (Å²) in [6, 6.07) is 12.1. The number of carbonyl (C=O) groups excluding carboxylic acids is 3. The van der Waals surface area contributed by atoms with Crippen molar-refractivity contribution in [2.24, 2.45) is 0 Å². The smallest absolute Gasteiger partial charge is 0.248 e. The lowest BCUT2D eigenvalue weighted by atomic mass is 10.0. The van der Waals surface area contributed by atoms with Crippen LogP contribution in [0, 0.1) is 0 Å². The van der Waals surface area contributed by atoms with Crippen molar-refractivity contribution in [2.75, 3.05) is 13.1 Å². The molecule has 1 saturated heterocycles. The van der Waals surface area contributed by atoms with Crippen molar-refractivity contribution >= 4 is 28.9 Å². The number of carbonyl (C=O) groups is 3. The lowest BCUT2D eigenvalue weighted by molar-refractivity contribution is -0.143. The molecule has 1 atom stereocenters. The van der Waals surface area contributed by atoms with E-state index < -0.39 is 6.04 Å². The number of Topliss-reactive ketones (excluding diaryl/α,β-unsaturated/α-hetero) is 1. The fourth-order valence-electron chi connectivity index (χ4n) is 2.80. The first-order valence-corrected chi connectivity index (χ1v) is 8.73. The van der Waals surface area contributed by atoms with Crippen molar-refractivity contribution in [3.8, 4) is 0 Å². The van der Waals surface area contributed by atoms with E-state index in [0.29, 0.717) is 18.7 Å². The molecule has 1 aromatic heterocycles. The van der Waals surface area contributed by atoms with Crippen LogP contribution in [0.2, 0.25) is 0 Å². The van der Waals surface area contributed by atoms with E-state index in [4.69, 9.17) is 0 Å². The van der Waals surface area contributed by atoms with Gasteiger partial charge in [-0.1, -0.05) is 36.4 Å². The minimum Gasteiger partial charge on any atom is -0.352 e. The molecule has 1 aliphatic rings. The number of hydrogen-bond acceptors (Lipinski definition) is 4. The molecule has 2 heterocycles. The topological polar surface area (TPSA) is 66.5 Å². The van der Waals surface area contributed by atoms with Gasteiger partial charge in [0.2, 0.25) is 11.8 Å². The Kier molecular flexibility index (Phi) is 5.05. The number of benzene rings is 1. The molecule has 1 aromatic carbocycles. The molecular weight excluding hydrogens is 324 g/mol. The zero-order chi connectivity index (χ0) is 16.9. The maximum Gasteiger partial charge on any atom is 0.248 e. The molecular formula is C18H18N2O3S. The number of rotatable bonds is 5. The monoisotopic (exact) mass is 342 g/mol. The van der Waals surface area contributed by atoms with Gasteiger partial charge in [-0.25, -0.2) is 0 Å². The Labute approximate surface area is 144 Å². The second-order valence-corrected chi connectivity index (χ2v) is 6.56. The van der Waals surface area contributed by atoms with Gasteiger partial charge < -0.3 is 10.2 Å². The molecule has 0 unspecified atom stereocenters. The SMILES string of the molecule is O=C(CCC(=O)N1CCNC(=O)[C@@H]1c1cccs1)c1ccccc1. The van der Waals surface area contributed by atoms with Crippen molar-refractivity contribution in [3.05, 3.63) is 58.3 Å². The summed E-state index contributed by atoms with van der Waals surface area (Å²) in [4.78, 5) is 39.4. The average Bonchev–Trinajstić information content (AvgIpc) is 3.14. The second kappa shape index (κ2) is 7.40. The molecule has 6 heteroatoms. The molecule has 0 aliphatic carbocycles. The Morgan fingerprint density at radius 1 is 1.12 bits per heavy atom. The standard InChI is InChI=1S/C18H18N2O3S/c21-14(13-5-2-1-3-6-13)8-9-16(22)20-11-10-19-18(23)17(20)15-7-4-12-24-15/h1-7,12,17H,8-11H2,(H,19,23)/t17-/m0/s1. The molecule has 0 spiro atoms. The zero-order valence-electron chi connectivity index (χ0n) is 13.1. The summed E-state index contributed by atoms with van der Waals surface area (Å²) < 4.78 is 0. The van der Waals surface area contributed by atoms with Crippen LogP contribution in [0.3, 0.4) is 0 Å². The van der Waals surface area contributed by atoms with Crippen LogP contribution in [0.25, 0.3) is 0 Å². The van der Waals surface area contributed by atoms with E-state index in [1.807, 2.05) is 23.6 Å². The molecule has 3 rings (SSSR count). The van der Waals surface area contributed by atoms with Gasteiger partial charge in [-0.05, 0) is 11.4 Å². The third kappa shape index (κ3) is 3.54. The molecule has 1 aliphatic heterocycles. The Morgan fingerprint density at radius 2 is 1.92 bits per heavy atom. The molecule has 124 valence electrons. The Balaban J connectivity index is 1.67. The highest BCUT2D eigenvalue weighted by Crippen LogP contribution is 2.28. The van der Waals surface area contributed by atoms with E-state index in [0.717, 1.165) is 4.88 Å². The van der Waals surface area contributed by atoms with E-state index in [1.54, 1.807) is 29.2 Å². The van der Waals surface area contributed by atoms with Gasteiger partial charge in [-0.2, -0.15) is 0 Å². The highest BCUT2D eigenvalue weighted by molar-refractivity contribution is 7.10. The number of hydrogen-bond donors (Lipinski definition) is 1. The van der Waals surface area contributed by atoms with Crippen LogP contribution >= 0.6 is 11.3 Å². The van der Waals surface area contributed by atoms with Gasteiger partial charge in [0, 0.05) is 36.4 Å². The Hall–Kier alpha value is -2.47. The lowest BCUT2D eigenvalue weighted by Crippen LogP contribution is -2.52. The van der Waals surface area contributed by atoms with Crippen LogP contribution in [0.1, 0.15) is 34.1 Å². The van der Waals surface area contributed by atoms with Gasteiger partial charge in [-0.3, -0.25) is 14.4 Å². The van der Waals surface area contributed by atoms with Gasteiger partial charge in [0.15, 0.2) is 5.78 Å². The minimum absolute atomic E-state index is 0.0573. The largest absolute Gasteiger partial charge is 0.352 e. The summed E-state index contributed by atoms with van der Waals surface area (Å²) in [7, 11) is 0. The molecule has 2 amide bonds. The first-order chi connectivity index (χ1) is 11.7. The summed E-state index contributed by atoms with van der Waals surface area (Å²) in [5.74, 6) is -0.378. The van der Waals surface area contributed by atoms with Crippen molar-refractivity contribution in [2.45, 2.75) is 18.9 Å². The quantitative estimate of drug-likeness (QED) is 0.849. The van der Waals surface area contributed by atoms with Crippen LogP contribution in [0.5, 0.6) is 0 Å². The van der Waals surface area contributed by atoms with E-state index >= 15 is 0 Å². The van der Waals surface area contributed by atoms with Gasteiger partial charge in [0.05, 0.1) is 0 Å². The third-order valence-corrected chi connectivity index (χ3v) is 4.93. The van der Waals surface area contributed by atoms with Crippen molar-refractivity contribution in [1.29, 1.82) is 0 Å². The first kappa shape index (κ1) is 16.4. The molecule has 2 aromatic rings. The van der Waals surface area contributed by atoms with Crippen LogP contribution in [-0.2, 0) is 9.59 Å². The molecule has 1 N–H and O–H groups in total. The average molecular weight is 342 g/mol. The predicted octanol–water partition coefficient (Wildman–Crippen LogP) is 2.41. The van der Waals surface area contributed by atoms with E-state index in [-0.39, 0.29) is 30.4 Å². The number of amides is 2. The highest BCUT2D eigenvalue weighted by Gasteiger charge is 2.34. The van der Waals surface area contributed by atoms with Crippen LogP contribution in [-0.4, -0.2) is 35.6 Å². The van der Waals surface area contributed by atoms with Crippen LogP contribution in [0.15, 0.2) is 47.8 Å². The van der Waals surface area contributed by atoms with E-state index in [1.165, 1.54) is 11.3 Å². The maximum atomic E-state index is 12.6. The summed E-state index contributed by atoms with van der Waals surface area (Å²) in [6.45, 7) is 0.908. The predicted molar refractivity (Wildman–Crippen MR) is 91.8 cm³/mol. The second-order valence-electron chi connectivity index (χ2n) is 5.59. The fourth-order valence-corrected chi connectivity index (χ4v) is 3.63. The number of thiophene rings is 1. The molecule has 0 radical (unpaired) electrons. The van der Waals surface area contributed by atoms with Gasteiger partial charge in [0.25, 0.3) is 0 Å². The zero-order valence-corrected chi connectivity index (χ0v) is 13.9. The van der Waals surface area contributed by atoms with E-state index in [2.05, 4.69) is 5.32 Å². The molecule has 0 bridgehead atoms. The van der Waals surface area contributed by atoms with Gasteiger partial charge in [0.1, 0.15) is 6.04 Å². The summed E-state index contributed by atoms with van der Waals surface area (Å²) in [5, 5.41) is 4.69. The van der Waals surface area contributed by atoms with Crippen molar-refractivity contribution < 1.29 is 14.4 Å². The maximum absolute atomic E-state index is 12.6. The van der Waals surface area contributed by atoms with Gasteiger partial charge >= 0.3 is 0 Å². The summed E-state index contributed by atoms with van der Waals surface area (Å²) >= 11 is 1.45. The highest BCUT2D eigenvalue weighted by atomic mass is 32.1. The van der Waals surface area contributed by atoms with Crippen molar-refractivity contribution in [1.82, 2.24) is 10.2 Å². The van der Waals surface area contributed by atoms with E-state index in [9.17, 15) is 14.4 Å². The molecule has 1 fully saturated rings. The lowest BCUT2D eigenvalue weighted by Gasteiger charge is -2.34. The Bertz CT molecular complexity index is 728. The summed E-state index contributed by atoms with van der Waals surface area (Å²) in [6.07, 6.45) is 0.265. The van der Waals surface area contributed by atoms with Crippen LogP contribution < -0.4 is 5.32 Å². The van der Waals surface area contributed by atoms with Crippen molar-refractivity contribution in [3.63, 3.8) is 0 Å². The fraction of sp³-hybridized carbons (Fsp3) is 0.278. The normalized spacial score (nSPS) is 17.4. The Morgan fingerprint density at radius 3 is 2.62 bits per heavy atom. The number of nitrogens with zero attached hydrogens (tertiary/aromatic N) is 1.